The van der Waals surface area contributed by atoms with Crippen LogP contribution in [-0.2, 0) is 25.3 Å². The average molecular weight is 564 g/mol. The quantitative estimate of drug-likeness (QED) is 0.120. The molecule has 1 aromatic rings. The predicted octanol–water partition coefficient (Wildman–Crippen LogP) is 7.69. The molecule has 0 saturated heterocycles. The average Bonchev–Trinajstić information content (AvgIpc) is 2.83. The molecule has 4 atom stereocenters. The van der Waals surface area contributed by atoms with Gasteiger partial charge in [0.15, 0.2) is 0 Å². The number of esters is 1. The van der Waals surface area contributed by atoms with Crippen LogP contribution in [0.3, 0.4) is 0 Å². The molecule has 0 fully saturated rings. The molecule has 0 aromatic heterocycles. The molecule has 1 aliphatic carbocycles. The zero-order valence-electron chi connectivity index (χ0n) is 24.8. The van der Waals surface area contributed by atoms with E-state index < -0.39 is 30.8 Å². The Morgan fingerprint density at radius 1 is 1.18 bits per heavy atom. The highest BCUT2D eigenvalue weighted by atomic mass is 31.2. The Bertz CT molecular complexity index is 1130. The lowest BCUT2D eigenvalue weighted by atomic mass is 9.68. The molecule has 0 spiro atoms. The number of fused-ring (bicyclic) bond motifs is 3. The molecule has 8 nitrogen and oxygen atoms in total. The number of rotatable bonds is 12. The summed E-state index contributed by atoms with van der Waals surface area (Å²) in [6.45, 7) is 15.1. The number of aryl methyl sites for hydroxylation is 1. The highest BCUT2D eigenvalue weighted by molar-refractivity contribution is 7.74. The van der Waals surface area contributed by atoms with Crippen molar-refractivity contribution >= 4 is 19.2 Å². The summed E-state index contributed by atoms with van der Waals surface area (Å²) in [5.41, 5.74) is 1.58. The smallest absolute Gasteiger partial charge is 0.424 e. The zero-order valence-corrected chi connectivity index (χ0v) is 25.7. The highest BCUT2D eigenvalue weighted by Crippen LogP contribution is 2.56. The van der Waals surface area contributed by atoms with Crippen molar-refractivity contribution < 1.29 is 32.9 Å². The number of carbonyl (C=O) groups excluding carboxylic acids is 2. The van der Waals surface area contributed by atoms with Crippen molar-refractivity contribution in [3.05, 3.63) is 34.9 Å². The van der Waals surface area contributed by atoms with E-state index in [1.807, 2.05) is 6.07 Å². The fourth-order valence-corrected chi connectivity index (χ4v) is 7.04. The van der Waals surface area contributed by atoms with Crippen molar-refractivity contribution in [1.82, 2.24) is 5.09 Å². The van der Waals surface area contributed by atoms with Gasteiger partial charge in [-0.2, -0.15) is 0 Å². The van der Waals surface area contributed by atoms with E-state index >= 15 is 0 Å². The van der Waals surface area contributed by atoms with Crippen molar-refractivity contribution in [1.29, 1.82) is 0 Å². The lowest BCUT2D eigenvalue weighted by molar-refractivity contribution is -0.149. The third-order valence-corrected chi connectivity index (χ3v) is 9.17. The largest absolute Gasteiger partial charge is 0.487 e. The van der Waals surface area contributed by atoms with Crippen molar-refractivity contribution in [3.63, 3.8) is 0 Å². The van der Waals surface area contributed by atoms with E-state index in [-0.39, 0.29) is 24.5 Å². The minimum atomic E-state index is -4.38. The maximum Gasteiger partial charge on any atom is 0.424 e. The van der Waals surface area contributed by atoms with E-state index in [0.29, 0.717) is 11.5 Å². The molecule has 4 unspecified atom stereocenters. The summed E-state index contributed by atoms with van der Waals surface area (Å²) in [6, 6.07) is 2.86. The Kier molecular flexibility index (Phi) is 10.3. The first-order valence-corrected chi connectivity index (χ1v) is 15.9. The number of ether oxygens (including phenoxy) is 3. The summed E-state index contributed by atoms with van der Waals surface area (Å²) < 4.78 is 37.4. The van der Waals surface area contributed by atoms with Gasteiger partial charge in [-0.05, 0) is 91.8 Å². The van der Waals surface area contributed by atoms with Gasteiger partial charge in [0.1, 0.15) is 23.1 Å². The van der Waals surface area contributed by atoms with E-state index in [4.69, 9.17) is 18.7 Å². The van der Waals surface area contributed by atoms with Crippen LogP contribution in [0.4, 0.5) is 4.79 Å². The maximum atomic E-state index is 14.2. The van der Waals surface area contributed by atoms with Gasteiger partial charge in [0.25, 0.3) is 0 Å². The second-order valence-corrected chi connectivity index (χ2v) is 13.4. The third-order valence-electron chi connectivity index (χ3n) is 7.38. The summed E-state index contributed by atoms with van der Waals surface area (Å²) in [5.74, 6) is 0.514. The molecule has 1 heterocycles. The van der Waals surface area contributed by atoms with Gasteiger partial charge in [-0.1, -0.05) is 31.4 Å². The summed E-state index contributed by atoms with van der Waals surface area (Å²) >= 11 is 0. The van der Waals surface area contributed by atoms with Crippen molar-refractivity contribution in [2.45, 2.75) is 118 Å². The van der Waals surface area contributed by atoms with Gasteiger partial charge in [0.2, 0.25) is 0 Å². The van der Waals surface area contributed by atoms with Gasteiger partial charge in [0.05, 0.1) is 12.7 Å². The lowest BCUT2D eigenvalue weighted by Gasteiger charge is -2.47. The van der Waals surface area contributed by atoms with Gasteiger partial charge < -0.3 is 18.7 Å². The minimum absolute atomic E-state index is 0.0117. The monoisotopic (exact) mass is 563 g/mol. The van der Waals surface area contributed by atoms with Crippen LogP contribution in [0.25, 0.3) is 0 Å². The van der Waals surface area contributed by atoms with Crippen LogP contribution in [0.1, 0.15) is 105 Å². The molecule has 0 radical (unpaired) electrons. The van der Waals surface area contributed by atoms with Gasteiger partial charge in [-0.3, -0.25) is 4.79 Å². The Balaban J connectivity index is 2.12. The number of unbranched alkanes of at least 4 members (excludes halogenated alkanes) is 2. The molecule has 3 rings (SSSR count). The number of carbonyl (C=O) groups is 2. The molecule has 2 aliphatic rings. The van der Waals surface area contributed by atoms with E-state index in [2.05, 4.69) is 44.9 Å². The summed E-state index contributed by atoms with van der Waals surface area (Å²) in [5, 5.41) is 2.64. The Morgan fingerprint density at radius 2 is 1.90 bits per heavy atom. The first-order valence-electron chi connectivity index (χ1n) is 14.3. The number of allylic oxidation sites excluding steroid dienone is 2. The van der Waals surface area contributed by atoms with Crippen LogP contribution in [0.2, 0.25) is 0 Å². The molecule has 9 heteroatoms. The second-order valence-electron chi connectivity index (χ2n) is 11.5. The molecule has 0 saturated carbocycles. The van der Waals surface area contributed by atoms with Crippen LogP contribution >= 0.6 is 7.52 Å². The third kappa shape index (κ3) is 7.46. The lowest BCUT2D eigenvalue weighted by Crippen LogP contribution is -2.45. The summed E-state index contributed by atoms with van der Waals surface area (Å²) in [4.78, 5) is 25.6. The molecule has 218 valence electrons. The Hall–Kier alpha value is -2.31. The van der Waals surface area contributed by atoms with E-state index in [9.17, 15) is 14.2 Å². The summed E-state index contributed by atoms with van der Waals surface area (Å²) in [6.07, 6.45) is 7.73. The van der Waals surface area contributed by atoms with Crippen LogP contribution in [0.5, 0.6) is 11.5 Å². The van der Waals surface area contributed by atoms with Crippen LogP contribution in [0.15, 0.2) is 23.8 Å². The first-order chi connectivity index (χ1) is 18.3. The molecule has 0 amide bonds. The van der Waals surface area contributed by atoms with E-state index in [0.717, 1.165) is 49.7 Å². The molecular formula is C30H46NO7P. The first kappa shape index (κ1) is 31.2. The van der Waals surface area contributed by atoms with Gasteiger partial charge in [-0.25, -0.2) is 14.4 Å². The standard InChI is InChI=1S/C30H46NO7P/c1-9-11-12-13-22-17-25-27(23-16-20(5)14-15-24(23)30(7,8)37-25)26(18-22)38-39(34,29(33)35-10-2)31-21(6)28(32)36-19(3)4/h16-19,21,23-24H,9-15H2,1-8H3,(H,31,34). The molecular weight excluding hydrogens is 517 g/mol. The van der Waals surface area contributed by atoms with Crippen molar-refractivity contribution in [2.24, 2.45) is 5.92 Å². The van der Waals surface area contributed by atoms with E-state index in [1.54, 1.807) is 20.8 Å². The topological polar surface area (TPSA) is 100 Å². The number of nitrogens with one attached hydrogen (secondary N) is 1. The maximum absolute atomic E-state index is 14.2. The normalized spacial score (nSPS) is 21.9. The molecule has 0 bridgehead atoms. The SMILES string of the molecule is CCCCCc1cc2c(c(OP(=O)(NC(C)C(=O)OC(C)C)C(=O)OCC)c1)C1C=C(C)CCC1C(C)(C)O2. The number of hydrogen-bond donors (Lipinski definition) is 1. The predicted molar refractivity (Wildman–Crippen MR) is 153 cm³/mol. The number of benzene rings is 1. The minimum Gasteiger partial charge on any atom is -0.487 e. The molecule has 1 aliphatic heterocycles. The summed E-state index contributed by atoms with van der Waals surface area (Å²) in [7, 11) is -4.38. The van der Waals surface area contributed by atoms with Crippen molar-refractivity contribution in [2.75, 3.05) is 6.61 Å². The highest BCUT2D eigenvalue weighted by Gasteiger charge is 2.47. The van der Waals surface area contributed by atoms with Crippen LogP contribution in [-0.4, -0.2) is 36.0 Å². The molecule has 1 N–H and O–H groups in total. The van der Waals surface area contributed by atoms with E-state index in [1.165, 1.54) is 12.5 Å². The van der Waals surface area contributed by atoms with Crippen LogP contribution in [0, 0.1) is 5.92 Å². The zero-order chi connectivity index (χ0) is 29.0. The fraction of sp³-hybridized carbons (Fsp3) is 0.667. The molecule has 39 heavy (non-hydrogen) atoms. The number of hydrogen-bond acceptors (Lipinski definition) is 7. The van der Waals surface area contributed by atoms with Gasteiger partial charge >= 0.3 is 19.2 Å². The van der Waals surface area contributed by atoms with Crippen LogP contribution < -0.4 is 14.3 Å². The molecule has 1 aromatic carbocycles. The second kappa shape index (κ2) is 12.9. The Labute approximate surface area is 233 Å². The van der Waals surface area contributed by atoms with Gasteiger partial charge in [-0.15, -0.1) is 0 Å². The fourth-order valence-electron chi connectivity index (χ4n) is 5.46. The van der Waals surface area contributed by atoms with Gasteiger partial charge in [0, 0.05) is 17.4 Å². The van der Waals surface area contributed by atoms with Crippen molar-refractivity contribution in [3.8, 4) is 11.5 Å². The Morgan fingerprint density at radius 3 is 2.54 bits per heavy atom.